The third-order valence-electron chi connectivity index (χ3n) is 5.51. The van der Waals surface area contributed by atoms with Gasteiger partial charge in [0.2, 0.25) is 5.91 Å². The van der Waals surface area contributed by atoms with Gasteiger partial charge in [0, 0.05) is 49.4 Å². The Morgan fingerprint density at radius 2 is 1.71 bits per heavy atom. The largest absolute Gasteiger partial charge is 0.466 e. The van der Waals surface area contributed by atoms with Crippen LogP contribution in [-0.2, 0) is 14.3 Å². The van der Waals surface area contributed by atoms with E-state index >= 15 is 0 Å². The Balaban J connectivity index is 1.74. The van der Waals surface area contributed by atoms with Crippen LogP contribution in [-0.4, -0.2) is 59.5 Å². The number of aryl methyl sites for hydroxylation is 1. The number of aromatic nitrogens is 2. The first kappa shape index (κ1) is 22.7. The lowest BCUT2D eigenvalue weighted by molar-refractivity contribution is -0.145. The molecule has 1 aromatic heterocycles. The summed E-state index contributed by atoms with van der Waals surface area (Å²) in [6.07, 6.45) is 0.330. The lowest BCUT2D eigenvalue weighted by Crippen LogP contribution is -2.49. The number of ether oxygens (including phenoxy) is 1. The van der Waals surface area contributed by atoms with Crippen LogP contribution in [0.3, 0.4) is 0 Å². The van der Waals surface area contributed by atoms with E-state index < -0.39 is 0 Å². The number of hydrogen-bond donors (Lipinski definition) is 0. The van der Waals surface area contributed by atoms with Crippen molar-refractivity contribution >= 4 is 17.7 Å². The molecule has 0 bridgehead atoms. The Bertz CT molecular complexity index is 907. The molecule has 7 heteroatoms. The quantitative estimate of drug-likeness (QED) is 0.633. The topological polar surface area (TPSA) is 75.6 Å². The maximum absolute atomic E-state index is 12.5. The molecule has 2 aromatic rings. The molecule has 0 unspecified atom stereocenters. The molecule has 3 rings (SSSR count). The monoisotopic (exact) mass is 424 g/mol. The Morgan fingerprint density at radius 1 is 1.03 bits per heavy atom. The fourth-order valence-corrected chi connectivity index (χ4v) is 3.97. The molecule has 0 aliphatic carbocycles. The van der Waals surface area contributed by atoms with Gasteiger partial charge < -0.3 is 14.5 Å². The van der Waals surface area contributed by atoms with E-state index in [1.54, 1.807) is 6.92 Å². The van der Waals surface area contributed by atoms with Gasteiger partial charge in [-0.25, -0.2) is 9.97 Å². The second-order valence-electron chi connectivity index (χ2n) is 8.06. The number of benzene rings is 1. The molecule has 0 radical (unpaired) electrons. The molecule has 166 valence electrons. The molecular weight excluding hydrogens is 392 g/mol. The average molecular weight is 425 g/mol. The van der Waals surface area contributed by atoms with Crippen molar-refractivity contribution in [2.24, 2.45) is 0 Å². The minimum absolute atomic E-state index is 0.000582. The minimum Gasteiger partial charge on any atom is -0.466 e. The molecule has 0 saturated carbocycles. The predicted molar refractivity (Wildman–Crippen MR) is 121 cm³/mol. The number of rotatable bonds is 7. The van der Waals surface area contributed by atoms with Crippen LogP contribution in [0.15, 0.2) is 30.3 Å². The van der Waals surface area contributed by atoms with E-state index in [-0.39, 0.29) is 24.7 Å². The molecular formula is C24H32N4O3. The third kappa shape index (κ3) is 5.60. The van der Waals surface area contributed by atoms with Crippen LogP contribution in [0.25, 0.3) is 11.4 Å². The van der Waals surface area contributed by atoms with Crippen LogP contribution in [0.5, 0.6) is 0 Å². The SMILES string of the molecule is CCOC(=O)CCC(=O)N1CCN(c2nc(-c3ccccc3)nc(C)c2C(C)C)CC1. The summed E-state index contributed by atoms with van der Waals surface area (Å²) in [6.45, 7) is 11.1. The van der Waals surface area contributed by atoms with Crippen molar-refractivity contribution in [1.82, 2.24) is 14.9 Å². The van der Waals surface area contributed by atoms with Crippen LogP contribution in [0, 0.1) is 6.92 Å². The summed E-state index contributed by atoms with van der Waals surface area (Å²) >= 11 is 0. The van der Waals surface area contributed by atoms with Crippen LogP contribution in [0.2, 0.25) is 0 Å². The zero-order valence-electron chi connectivity index (χ0n) is 18.9. The predicted octanol–water partition coefficient (Wildman–Crippen LogP) is 3.57. The maximum atomic E-state index is 12.5. The average Bonchev–Trinajstić information content (AvgIpc) is 2.77. The highest BCUT2D eigenvalue weighted by Crippen LogP contribution is 2.31. The number of nitrogens with zero attached hydrogens (tertiary/aromatic N) is 4. The molecule has 1 aliphatic heterocycles. The van der Waals surface area contributed by atoms with E-state index in [1.165, 1.54) is 0 Å². The lowest BCUT2D eigenvalue weighted by atomic mass is 10.0. The number of carbonyl (C=O) groups excluding carboxylic acids is 2. The maximum Gasteiger partial charge on any atom is 0.306 e. The zero-order chi connectivity index (χ0) is 22.4. The van der Waals surface area contributed by atoms with Crippen molar-refractivity contribution in [3.8, 4) is 11.4 Å². The van der Waals surface area contributed by atoms with Gasteiger partial charge in [0.25, 0.3) is 0 Å². The van der Waals surface area contributed by atoms with E-state index in [1.807, 2.05) is 42.2 Å². The molecule has 1 aliphatic rings. The van der Waals surface area contributed by atoms with Crippen molar-refractivity contribution in [3.05, 3.63) is 41.6 Å². The second-order valence-corrected chi connectivity index (χ2v) is 8.06. The third-order valence-corrected chi connectivity index (χ3v) is 5.51. The van der Waals surface area contributed by atoms with Gasteiger partial charge in [0.05, 0.1) is 13.0 Å². The molecule has 2 heterocycles. The van der Waals surface area contributed by atoms with Gasteiger partial charge in [-0.05, 0) is 19.8 Å². The highest BCUT2D eigenvalue weighted by molar-refractivity contribution is 5.81. The van der Waals surface area contributed by atoms with Gasteiger partial charge in [-0.3, -0.25) is 9.59 Å². The van der Waals surface area contributed by atoms with Crippen LogP contribution in [0.4, 0.5) is 5.82 Å². The molecule has 7 nitrogen and oxygen atoms in total. The van der Waals surface area contributed by atoms with Gasteiger partial charge in [-0.1, -0.05) is 44.2 Å². The molecule has 31 heavy (non-hydrogen) atoms. The summed E-state index contributed by atoms with van der Waals surface area (Å²) in [5, 5.41) is 0. The molecule has 0 atom stereocenters. The smallest absolute Gasteiger partial charge is 0.306 e. The molecule has 1 aromatic carbocycles. The summed E-state index contributed by atoms with van der Waals surface area (Å²) in [6, 6.07) is 10.0. The van der Waals surface area contributed by atoms with Gasteiger partial charge in [0.15, 0.2) is 5.82 Å². The van der Waals surface area contributed by atoms with Gasteiger partial charge in [-0.2, -0.15) is 0 Å². The number of piperazine rings is 1. The number of esters is 1. The molecule has 0 spiro atoms. The Hall–Kier alpha value is -2.96. The molecule has 1 saturated heterocycles. The number of hydrogen-bond acceptors (Lipinski definition) is 6. The summed E-state index contributed by atoms with van der Waals surface area (Å²) in [7, 11) is 0. The minimum atomic E-state index is -0.319. The fraction of sp³-hybridized carbons (Fsp3) is 0.500. The zero-order valence-corrected chi connectivity index (χ0v) is 18.9. The molecule has 1 fully saturated rings. The summed E-state index contributed by atoms with van der Waals surface area (Å²) in [4.78, 5) is 37.8. The standard InChI is InChI=1S/C24H32N4O3/c1-5-31-21(30)12-11-20(29)27-13-15-28(16-14-27)24-22(17(2)3)18(4)25-23(26-24)19-9-7-6-8-10-19/h6-10,17H,5,11-16H2,1-4H3. The van der Waals surface area contributed by atoms with Crippen LogP contribution < -0.4 is 4.90 Å². The van der Waals surface area contributed by atoms with Crippen LogP contribution in [0.1, 0.15) is 50.8 Å². The van der Waals surface area contributed by atoms with E-state index in [9.17, 15) is 9.59 Å². The van der Waals surface area contributed by atoms with Crippen LogP contribution >= 0.6 is 0 Å². The fourth-order valence-electron chi connectivity index (χ4n) is 3.97. The van der Waals surface area contributed by atoms with E-state index in [4.69, 9.17) is 14.7 Å². The van der Waals surface area contributed by atoms with Crippen molar-refractivity contribution in [2.75, 3.05) is 37.7 Å². The normalized spacial score (nSPS) is 14.1. The van der Waals surface area contributed by atoms with Crippen molar-refractivity contribution < 1.29 is 14.3 Å². The summed E-state index contributed by atoms with van der Waals surface area (Å²) in [5.74, 6) is 1.66. The van der Waals surface area contributed by atoms with Crippen molar-refractivity contribution in [1.29, 1.82) is 0 Å². The Morgan fingerprint density at radius 3 is 2.32 bits per heavy atom. The molecule has 0 N–H and O–H groups in total. The summed E-state index contributed by atoms with van der Waals surface area (Å²) < 4.78 is 4.92. The first-order valence-corrected chi connectivity index (χ1v) is 11.0. The lowest BCUT2D eigenvalue weighted by Gasteiger charge is -2.37. The summed E-state index contributed by atoms with van der Waals surface area (Å²) in [5.41, 5.74) is 3.14. The Kier molecular flexibility index (Phi) is 7.60. The highest BCUT2D eigenvalue weighted by atomic mass is 16.5. The first-order valence-electron chi connectivity index (χ1n) is 11.0. The first-order chi connectivity index (χ1) is 14.9. The number of anilines is 1. The van der Waals surface area contributed by atoms with Gasteiger partial charge in [-0.15, -0.1) is 0 Å². The number of amides is 1. The van der Waals surface area contributed by atoms with Gasteiger partial charge in [0.1, 0.15) is 5.82 Å². The van der Waals surface area contributed by atoms with E-state index in [0.29, 0.717) is 38.7 Å². The van der Waals surface area contributed by atoms with E-state index in [0.717, 1.165) is 28.5 Å². The Labute approximate surface area is 184 Å². The van der Waals surface area contributed by atoms with Gasteiger partial charge >= 0.3 is 5.97 Å². The van der Waals surface area contributed by atoms with Crippen molar-refractivity contribution in [3.63, 3.8) is 0 Å². The highest BCUT2D eigenvalue weighted by Gasteiger charge is 2.26. The number of carbonyl (C=O) groups is 2. The second kappa shape index (κ2) is 10.4. The van der Waals surface area contributed by atoms with E-state index in [2.05, 4.69) is 18.7 Å². The van der Waals surface area contributed by atoms with Crippen molar-refractivity contribution in [2.45, 2.75) is 46.5 Å². The molecule has 1 amide bonds.